The average molecular weight is 279 g/mol. The van der Waals surface area contributed by atoms with Crippen LogP contribution in [0.15, 0.2) is 48.5 Å². The normalized spacial score (nSPS) is 10.9. The Bertz CT molecular complexity index is 787. The highest BCUT2D eigenvalue weighted by molar-refractivity contribution is 5.92. The van der Waals surface area contributed by atoms with E-state index in [4.69, 9.17) is 5.73 Å². The third-order valence-corrected chi connectivity index (χ3v) is 3.63. The van der Waals surface area contributed by atoms with Crippen LogP contribution >= 0.6 is 0 Å². The number of carbonyl (C=O) groups is 1. The van der Waals surface area contributed by atoms with Gasteiger partial charge in [-0.3, -0.25) is 4.79 Å². The van der Waals surface area contributed by atoms with E-state index in [0.717, 1.165) is 35.4 Å². The molecule has 1 aromatic heterocycles. The van der Waals surface area contributed by atoms with E-state index in [9.17, 15) is 4.79 Å². The van der Waals surface area contributed by atoms with E-state index in [1.807, 2.05) is 30.3 Å². The summed E-state index contributed by atoms with van der Waals surface area (Å²) in [5.41, 5.74) is 9.07. The molecule has 0 aliphatic carbocycles. The molecule has 4 heteroatoms. The van der Waals surface area contributed by atoms with Crippen LogP contribution in [-0.4, -0.2) is 15.5 Å². The number of hydrogen-bond acceptors (Lipinski definition) is 2. The number of imidazole rings is 1. The molecule has 0 aliphatic heterocycles. The fourth-order valence-corrected chi connectivity index (χ4v) is 2.53. The molecule has 0 saturated heterocycles. The van der Waals surface area contributed by atoms with Crippen LogP contribution in [0.1, 0.15) is 28.7 Å². The number of hydrogen-bond donors (Lipinski definition) is 1. The molecule has 4 nitrogen and oxygen atoms in total. The maximum absolute atomic E-state index is 11.1. The van der Waals surface area contributed by atoms with Gasteiger partial charge in [-0.25, -0.2) is 4.98 Å². The highest BCUT2D eigenvalue weighted by Gasteiger charge is 2.09. The van der Waals surface area contributed by atoms with Crippen molar-refractivity contribution in [2.45, 2.75) is 19.9 Å². The van der Waals surface area contributed by atoms with Gasteiger partial charge in [0.05, 0.1) is 11.0 Å². The summed E-state index contributed by atoms with van der Waals surface area (Å²) in [6, 6.07) is 15.5. The molecular formula is C17H17N3O. The summed E-state index contributed by atoms with van der Waals surface area (Å²) >= 11 is 0. The summed E-state index contributed by atoms with van der Waals surface area (Å²) in [6.07, 6.45) is 0.883. The number of aryl methyl sites for hydroxylation is 1. The van der Waals surface area contributed by atoms with E-state index >= 15 is 0 Å². The number of primary amides is 1. The number of aromatic nitrogens is 2. The van der Waals surface area contributed by atoms with Gasteiger partial charge in [0.25, 0.3) is 0 Å². The minimum Gasteiger partial charge on any atom is -0.366 e. The van der Waals surface area contributed by atoms with Gasteiger partial charge in [0.1, 0.15) is 5.82 Å². The Morgan fingerprint density at radius 2 is 1.86 bits per heavy atom. The summed E-state index contributed by atoms with van der Waals surface area (Å²) in [6.45, 7) is 2.84. The molecule has 0 saturated carbocycles. The molecule has 2 aromatic carbocycles. The smallest absolute Gasteiger partial charge is 0.248 e. The van der Waals surface area contributed by atoms with Gasteiger partial charge in [0, 0.05) is 18.5 Å². The zero-order valence-electron chi connectivity index (χ0n) is 11.9. The molecule has 0 bridgehead atoms. The van der Waals surface area contributed by atoms with Crippen LogP contribution in [0, 0.1) is 0 Å². The van der Waals surface area contributed by atoms with E-state index in [0.29, 0.717) is 5.56 Å². The Kier molecular flexibility index (Phi) is 3.44. The quantitative estimate of drug-likeness (QED) is 0.798. The van der Waals surface area contributed by atoms with Crippen LogP contribution in [0.2, 0.25) is 0 Å². The first-order chi connectivity index (χ1) is 10.2. The van der Waals surface area contributed by atoms with E-state index in [1.165, 1.54) is 0 Å². The Hall–Kier alpha value is -2.62. The average Bonchev–Trinajstić information content (AvgIpc) is 2.86. The predicted molar refractivity (Wildman–Crippen MR) is 83.2 cm³/mol. The number of para-hydroxylation sites is 2. The van der Waals surface area contributed by atoms with Crippen molar-refractivity contribution in [2.24, 2.45) is 5.73 Å². The Balaban J connectivity index is 1.99. The first-order valence-electron chi connectivity index (χ1n) is 7.02. The summed E-state index contributed by atoms with van der Waals surface area (Å²) in [4.78, 5) is 15.8. The lowest BCUT2D eigenvalue weighted by atomic mass is 10.1. The first-order valence-corrected chi connectivity index (χ1v) is 7.02. The predicted octanol–water partition coefficient (Wildman–Crippen LogP) is 2.75. The Morgan fingerprint density at radius 3 is 2.52 bits per heavy atom. The molecule has 3 aromatic rings. The molecule has 2 N–H and O–H groups in total. The largest absolute Gasteiger partial charge is 0.366 e. The lowest BCUT2D eigenvalue weighted by molar-refractivity contribution is 0.100. The van der Waals surface area contributed by atoms with Crippen molar-refractivity contribution in [2.75, 3.05) is 0 Å². The van der Waals surface area contributed by atoms with Crippen LogP contribution in [-0.2, 0) is 13.0 Å². The fourth-order valence-electron chi connectivity index (χ4n) is 2.53. The van der Waals surface area contributed by atoms with Crippen molar-refractivity contribution in [3.05, 3.63) is 65.5 Å². The fraction of sp³-hybridized carbons (Fsp3) is 0.176. The highest BCUT2D eigenvalue weighted by Crippen LogP contribution is 2.18. The topological polar surface area (TPSA) is 60.9 Å². The van der Waals surface area contributed by atoms with Crippen molar-refractivity contribution in [3.8, 4) is 0 Å². The number of amides is 1. The van der Waals surface area contributed by atoms with Crippen molar-refractivity contribution in [1.29, 1.82) is 0 Å². The number of nitrogens with two attached hydrogens (primary N) is 1. The van der Waals surface area contributed by atoms with Crippen molar-refractivity contribution in [3.63, 3.8) is 0 Å². The molecule has 1 heterocycles. The number of rotatable bonds is 4. The molecule has 0 aliphatic rings. The van der Waals surface area contributed by atoms with E-state index in [-0.39, 0.29) is 0 Å². The van der Waals surface area contributed by atoms with Gasteiger partial charge in [0.15, 0.2) is 0 Å². The third-order valence-electron chi connectivity index (χ3n) is 3.63. The zero-order valence-corrected chi connectivity index (χ0v) is 11.9. The molecule has 1 amide bonds. The first kappa shape index (κ1) is 13.4. The lowest BCUT2D eigenvalue weighted by Crippen LogP contribution is -2.11. The second-order valence-corrected chi connectivity index (χ2v) is 5.02. The van der Waals surface area contributed by atoms with Gasteiger partial charge in [-0.05, 0) is 29.8 Å². The number of nitrogens with zero attached hydrogens (tertiary/aromatic N) is 2. The molecule has 21 heavy (non-hydrogen) atoms. The van der Waals surface area contributed by atoms with Gasteiger partial charge in [0.2, 0.25) is 5.91 Å². The summed E-state index contributed by atoms with van der Waals surface area (Å²) < 4.78 is 2.22. The Morgan fingerprint density at radius 1 is 1.14 bits per heavy atom. The molecule has 0 spiro atoms. The van der Waals surface area contributed by atoms with Crippen LogP contribution in [0.25, 0.3) is 11.0 Å². The second-order valence-electron chi connectivity index (χ2n) is 5.02. The minimum atomic E-state index is -0.399. The SMILES string of the molecule is CCc1nc2ccccc2n1Cc1ccc(C(N)=O)cc1. The maximum Gasteiger partial charge on any atom is 0.248 e. The van der Waals surface area contributed by atoms with E-state index in [2.05, 4.69) is 22.5 Å². The number of fused-ring (bicyclic) bond motifs is 1. The van der Waals surface area contributed by atoms with E-state index in [1.54, 1.807) is 12.1 Å². The standard InChI is InChI=1S/C17H17N3O/c1-2-16-19-14-5-3-4-6-15(14)20(16)11-12-7-9-13(10-8-12)17(18)21/h3-10H,2,11H2,1H3,(H2,18,21). The number of carbonyl (C=O) groups excluding carboxylic acids is 1. The van der Waals surface area contributed by atoms with Crippen molar-refractivity contribution < 1.29 is 4.79 Å². The number of benzene rings is 2. The molecule has 0 atom stereocenters. The Labute approximate surface area is 123 Å². The molecular weight excluding hydrogens is 262 g/mol. The second kappa shape index (κ2) is 5.40. The monoisotopic (exact) mass is 279 g/mol. The molecule has 3 rings (SSSR count). The summed E-state index contributed by atoms with van der Waals surface area (Å²) in [7, 11) is 0. The van der Waals surface area contributed by atoms with Gasteiger partial charge in [-0.1, -0.05) is 31.2 Å². The molecule has 0 unspecified atom stereocenters. The van der Waals surface area contributed by atoms with Crippen molar-refractivity contribution in [1.82, 2.24) is 9.55 Å². The van der Waals surface area contributed by atoms with Gasteiger partial charge < -0.3 is 10.3 Å². The van der Waals surface area contributed by atoms with Gasteiger partial charge >= 0.3 is 0 Å². The van der Waals surface area contributed by atoms with Crippen LogP contribution in [0.4, 0.5) is 0 Å². The lowest BCUT2D eigenvalue weighted by Gasteiger charge is -2.08. The minimum absolute atomic E-state index is 0.399. The van der Waals surface area contributed by atoms with E-state index < -0.39 is 5.91 Å². The molecule has 106 valence electrons. The maximum atomic E-state index is 11.1. The highest BCUT2D eigenvalue weighted by atomic mass is 16.1. The van der Waals surface area contributed by atoms with Gasteiger partial charge in [-0.2, -0.15) is 0 Å². The zero-order chi connectivity index (χ0) is 14.8. The summed E-state index contributed by atoms with van der Waals surface area (Å²) in [5.74, 6) is 0.666. The van der Waals surface area contributed by atoms with Crippen molar-refractivity contribution >= 4 is 16.9 Å². The van der Waals surface area contributed by atoms with Crippen LogP contribution in [0.3, 0.4) is 0 Å². The third kappa shape index (κ3) is 2.52. The molecule has 0 radical (unpaired) electrons. The van der Waals surface area contributed by atoms with Gasteiger partial charge in [-0.15, -0.1) is 0 Å². The molecule has 0 fully saturated rings. The van der Waals surface area contributed by atoms with Crippen LogP contribution in [0.5, 0.6) is 0 Å². The van der Waals surface area contributed by atoms with Crippen LogP contribution < -0.4 is 5.73 Å². The summed E-state index contributed by atoms with van der Waals surface area (Å²) in [5, 5.41) is 0.